The molecule has 20 nitrogen and oxygen atoms in total. The number of nitrogens with zero attached hydrogens (tertiary/aromatic N) is 7. The Bertz CT molecular complexity index is 2460. The predicted molar refractivity (Wildman–Crippen MR) is 236 cm³/mol. The van der Waals surface area contributed by atoms with Gasteiger partial charge in [-0.1, -0.05) is 46.7 Å². The molecule has 0 radical (unpaired) electrons. The molecule has 0 unspecified atom stereocenters. The Labute approximate surface area is 363 Å². The van der Waals surface area contributed by atoms with Crippen molar-refractivity contribution < 1.29 is 36.0 Å². The Balaban J connectivity index is 1.45. The van der Waals surface area contributed by atoms with Crippen molar-refractivity contribution in [1.82, 2.24) is 18.3 Å². The summed E-state index contributed by atoms with van der Waals surface area (Å²) in [5.74, 6) is 0. The van der Waals surface area contributed by atoms with Crippen LogP contribution in [0.3, 0.4) is 0 Å². The summed E-state index contributed by atoms with van der Waals surface area (Å²) in [5.41, 5.74) is 11.6. The molecule has 1 spiro atoms. The molecule has 3 aliphatic rings. The summed E-state index contributed by atoms with van der Waals surface area (Å²) in [4.78, 5) is 57.6. The Hall–Kier alpha value is -3.65. The molecule has 3 aliphatic heterocycles. The van der Waals surface area contributed by atoms with Gasteiger partial charge < -0.3 is 29.2 Å². The minimum atomic E-state index is -4.32. The molecule has 23 heteroatoms. The fourth-order valence-corrected chi connectivity index (χ4v) is 11.0. The van der Waals surface area contributed by atoms with Crippen LogP contribution in [0, 0.1) is 13.8 Å². The molecule has 2 aromatic heterocycles. The van der Waals surface area contributed by atoms with Gasteiger partial charge in [0.05, 0.1) is 36.5 Å². The van der Waals surface area contributed by atoms with Gasteiger partial charge in [-0.15, -0.1) is 0 Å². The van der Waals surface area contributed by atoms with E-state index in [0.717, 1.165) is 14.5 Å². The minimum absolute atomic E-state index is 0.0258. The number of rotatable bonds is 15. The van der Waals surface area contributed by atoms with Gasteiger partial charge in [0, 0.05) is 47.9 Å². The van der Waals surface area contributed by atoms with Gasteiger partial charge >= 0.3 is 11.4 Å². The van der Waals surface area contributed by atoms with Crippen molar-refractivity contribution in [2.24, 2.45) is 10.8 Å². The molecule has 0 aromatic carbocycles. The van der Waals surface area contributed by atoms with Gasteiger partial charge in [0.1, 0.15) is 18.4 Å². The highest BCUT2D eigenvalue weighted by Gasteiger charge is 2.67. The molecule has 2 fully saturated rings. The van der Waals surface area contributed by atoms with E-state index in [-0.39, 0.29) is 53.0 Å². The van der Waals surface area contributed by atoms with E-state index in [2.05, 4.69) is 30.8 Å². The first-order valence-corrected chi connectivity index (χ1v) is 28.2. The lowest BCUT2D eigenvalue weighted by atomic mass is 9.89. The molecule has 0 amide bonds. The summed E-state index contributed by atoms with van der Waals surface area (Å²) in [6.07, 6.45) is -1.43. The second kappa shape index (κ2) is 17.7. The Morgan fingerprint density at radius 3 is 1.92 bits per heavy atom. The van der Waals surface area contributed by atoms with Crippen LogP contribution < -0.4 is 28.2 Å². The minimum Gasteiger partial charge on any atom is -0.414 e. The van der Waals surface area contributed by atoms with Crippen molar-refractivity contribution in [3.05, 3.63) is 86.7 Å². The number of ether oxygens (including phenoxy) is 2. The van der Waals surface area contributed by atoms with E-state index in [9.17, 15) is 32.7 Å². The highest BCUT2D eigenvalue weighted by atomic mass is 32.2. The first-order valence-electron chi connectivity index (χ1n) is 20.9. The molecule has 7 atom stereocenters. The number of unbranched alkanes of at least 4 members (excludes halogenated alkanes) is 2. The predicted octanol–water partition coefficient (Wildman–Crippen LogP) is 3.99. The maximum absolute atomic E-state index is 14.5. The zero-order valence-corrected chi connectivity index (χ0v) is 40.7. The second-order valence-electron chi connectivity index (χ2n) is 19.6. The Morgan fingerprint density at radius 2 is 1.44 bits per heavy atom. The van der Waals surface area contributed by atoms with E-state index in [4.69, 9.17) is 33.8 Å². The fourth-order valence-electron chi connectivity index (χ4n) is 7.47. The van der Waals surface area contributed by atoms with Gasteiger partial charge in [0.2, 0.25) is 0 Å². The third-order valence-corrected chi connectivity index (χ3v) is 23.2. The first-order chi connectivity index (χ1) is 28.5. The summed E-state index contributed by atoms with van der Waals surface area (Å²) in [6, 6.07) is -0.695. The van der Waals surface area contributed by atoms with Crippen LogP contribution in [0.1, 0.15) is 90.8 Å². The molecule has 0 saturated carbocycles. The monoisotopic (exact) mass is 924 g/mol. The Morgan fingerprint density at radius 1 is 0.903 bits per heavy atom. The molecule has 346 valence electrons. The van der Waals surface area contributed by atoms with Gasteiger partial charge in [-0.2, -0.15) is 8.42 Å². The van der Waals surface area contributed by atoms with Gasteiger partial charge in [-0.05, 0) is 74.9 Å². The van der Waals surface area contributed by atoms with E-state index < -0.39 is 98.3 Å². The SMILES string of the molecule is Cc1cn([C@@H]2O[C@H](CO[Si](C)(C)C(C)(C)C)[C@@]3(OS(=O)(=O)C=C3N)[C@H]2O[Si](C)(C)C(C)(C)C)c(=O)n(CCCCCn2c(=O)c(C)cn([C@H]3C[C@H](N=[N+]=[N-])[C@@H](CO)O3)c2=O)c1=O. The van der Waals surface area contributed by atoms with Crippen LogP contribution in [0.4, 0.5) is 0 Å². The highest BCUT2D eigenvalue weighted by molar-refractivity contribution is 7.90. The molecule has 0 aliphatic carbocycles. The van der Waals surface area contributed by atoms with E-state index in [1.165, 1.54) is 21.5 Å². The number of aromatic nitrogens is 4. The standard InChI is InChI=1S/C39H64N8O12SSi2/c1-24-19-46(30-18-26(42-43-41)27(21-48)56-30)35(51)44(32(24)49)16-14-13-15-17-45-33(50)25(2)20-47(36(45)52)34-31(58-62(11,12)38(6,7)8)39(28(40)23-60(53,54)59-39)29(57-34)22-55-61(9,10)37(3,4)5/h19-20,23,26-27,29-31,34,48H,13-18,21-22,40H2,1-12H3/t26-,27+,29+,30+,31-,34+,39+/m0/s1. The smallest absolute Gasteiger partial charge is 0.333 e. The quantitative estimate of drug-likeness (QED) is 0.0640. The third-order valence-electron chi connectivity index (χ3n) is 13.2. The molecular formula is C39H64N8O12SSi2. The van der Waals surface area contributed by atoms with Crippen LogP contribution in [0.25, 0.3) is 10.4 Å². The molecule has 3 N–H and O–H groups in total. The normalized spacial score (nSPS) is 26.6. The summed E-state index contributed by atoms with van der Waals surface area (Å²) < 4.78 is 63.2. The molecule has 2 aromatic rings. The topological polar surface area (TPSA) is 263 Å². The molecular weight excluding hydrogens is 861 g/mol. The van der Waals surface area contributed by atoms with Crippen LogP contribution >= 0.6 is 0 Å². The zero-order valence-electron chi connectivity index (χ0n) is 37.9. The molecule has 2 saturated heterocycles. The van der Waals surface area contributed by atoms with E-state index in [1.807, 2.05) is 47.0 Å². The summed E-state index contributed by atoms with van der Waals surface area (Å²) in [6.45, 7) is 22.9. The van der Waals surface area contributed by atoms with Crippen molar-refractivity contribution in [1.29, 1.82) is 0 Å². The molecule has 62 heavy (non-hydrogen) atoms. The average molecular weight is 925 g/mol. The van der Waals surface area contributed by atoms with Gasteiger partial charge in [0.15, 0.2) is 28.5 Å². The van der Waals surface area contributed by atoms with Crippen molar-refractivity contribution >= 4 is 26.8 Å². The van der Waals surface area contributed by atoms with Crippen LogP contribution in [-0.4, -0.2) is 91.6 Å². The van der Waals surface area contributed by atoms with E-state index >= 15 is 0 Å². The fraction of sp³-hybridized carbons (Fsp3) is 0.744. The first kappa shape index (κ1) is 49.4. The van der Waals surface area contributed by atoms with E-state index in [1.54, 1.807) is 13.8 Å². The highest BCUT2D eigenvalue weighted by Crippen LogP contribution is 2.52. The lowest BCUT2D eigenvalue weighted by Gasteiger charge is -2.43. The summed E-state index contributed by atoms with van der Waals surface area (Å²) in [5, 5.41) is 13.6. The summed E-state index contributed by atoms with van der Waals surface area (Å²) in [7, 11) is -9.60. The molecule has 5 heterocycles. The van der Waals surface area contributed by atoms with Gasteiger partial charge in [-0.3, -0.25) is 27.9 Å². The lowest BCUT2D eigenvalue weighted by molar-refractivity contribution is -0.0567. The maximum Gasteiger partial charge on any atom is 0.333 e. The lowest BCUT2D eigenvalue weighted by Crippen LogP contribution is -2.59. The maximum atomic E-state index is 14.5. The average Bonchev–Trinajstić information content (AvgIpc) is 3.78. The number of aliphatic hydroxyl groups excluding tert-OH is 1. The number of hydrogen-bond acceptors (Lipinski definition) is 14. The number of nitrogens with two attached hydrogens (primary N) is 1. The van der Waals surface area contributed by atoms with Crippen molar-refractivity contribution in [2.45, 2.75) is 173 Å². The van der Waals surface area contributed by atoms with Crippen molar-refractivity contribution in [3.63, 3.8) is 0 Å². The number of azide groups is 1. The van der Waals surface area contributed by atoms with Crippen LogP contribution in [-0.2, 0) is 45.7 Å². The summed E-state index contributed by atoms with van der Waals surface area (Å²) >= 11 is 0. The third kappa shape index (κ3) is 9.42. The van der Waals surface area contributed by atoms with Crippen LogP contribution in [0.2, 0.25) is 36.3 Å². The van der Waals surface area contributed by atoms with Crippen LogP contribution in [0.15, 0.2) is 47.8 Å². The largest absolute Gasteiger partial charge is 0.414 e. The molecule has 0 bridgehead atoms. The van der Waals surface area contributed by atoms with Gasteiger partial charge in [0.25, 0.3) is 21.2 Å². The van der Waals surface area contributed by atoms with E-state index in [0.29, 0.717) is 19.3 Å². The van der Waals surface area contributed by atoms with Gasteiger partial charge in [-0.25, -0.2) is 13.8 Å². The molecule has 5 rings (SSSR count). The van der Waals surface area contributed by atoms with Crippen LogP contribution in [0.5, 0.6) is 0 Å². The zero-order chi connectivity index (χ0) is 46.5. The number of aliphatic hydroxyl groups is 1. The van der Waals surface area contributed by atoms with Crippen molar-refractivity contribution in [2.75, 3.05) is 13.2 Å². The second-order valence-corrected chi connectivity index (χ2v) is 30.6. The van der Waals surface area contributed by atoms with Crippen molar-refractivity contribution in [3.8, 4) is 0 Å². The number of aryl methyl sites for hydroxylation is 2. The number of hydrogen-bond donors (Lipinski definition) is 2. The Kier molecular flexibility index (Phi) is 14.1.